The fourth-order valence-electron chi connectivity index (χ4n) is 2.38. The molecule has 22 heavy (non-hydrogen) atoms. The molecule has 0 radical (unpaired) electrons. The van der Waals surface area contributed by atoms with Crippen LogP contribution in [0.15, 0.2) is 16.8 Å². The quantitative estimate of drug-likeness (QED) is 0.856. The van der Waals surface area contributed by atoms with Gasteiger partial charge in [0.25, 0.3) is 5.91 Å². The molecule has 0 aromatic carbocycles. The van der Waals surface area contributed by atoms with Crippen molar-refractivity contribution < 1.29 is 9.59 Å². The van der Waals surface area contributed by atoms with Crippen LogP contribution in [0, 0.1) is 0 Å². The zero-order chi connectivity index (χ0) is 15.9. The summed E-state index contributed by atoms with van der Waals surface area (Å²) in [4.78, 5) is 27.9. The van der Waals surface area contributed by atoms with Gasteiger partial charge >= 0.3 is 6.03 Å². The molecule has 0 spiro atoms. The summed E-state index contributed by atoms with van der Waals surface area (Å²) in [5, 5.41) is 9.47. The molecule has 6 nitrogen and oxygen atoms in total. The highest BCUT2D eigenvalue weighted by Gasteiger charge is 2.22. The fraction of sp³-hybridized carbons (Fsp3) is 0.600. The number of nitrogens with one attached hydrogen (secondary N) is 2. The van der Waals surface area contributed by atoms with Crippen LogP contribution in [0.2, 0.25) is 0 Å². The Labute approximate surface area is 135 Å². The van der Waals surface area contributed by atoms with E-state index in [-0.39, 0.29) is 18.0 Å². The third-order valence-corrected chi connectivity index (χ3v) is 4.24. The molecule has 3 amide bonds. The van der Waals surface area contributed by atoms with Gasteiger partial charge in [0.05, 0.1) is 5.56 Å². The van der Waals surface area contributed by atoms with Crippen molar-refractivity contribution in [1.29, 1.82) is 0 Å². The van der Waals surface area contributed by atoms with E-state index >= 15 is 0 Å². The SMILES string of the molecule is CC(C)NC(=O)NCCN1CCN(C(=O)c2ccsc2)CC1. The monoisotopic (exact) mass is 324 g/mol. The van der Waals surface area contributed by atoms with E-state index in [4.69, 9.17) is 0 Å². The average molecular weight is 324 g/mol. The second-order valence-electron chi connectivity index (χ2n) is 5.70. The lowest BCUT2D eigenvalue weighted by molar-refractivity contribution is 0.0640. The predicted molar refractivity (Wildman–Crippen MR) is 88.3 cm³/mol. The van der Waals surface area contributed by atoms with Crippen molar-refractivity contribution in [3.63, 3.8) is 0 Å². The maximum atomic E-state index is 12.2. The molecular formula is C15H24N4O2S. The number of carbonyl (C=O) groups excluding carboxylic acids is 2. The van der Waals surface area contributed by atoms with Crippen molar-refractivity contribution in [2.75, 3.05) is 39.3 Å². The Morgan fingerprint density at radius 1 is 1.27 bits per heavy atom. The molecule has 1 aliphatic heterocycles. The summed E-state index contributed by atoms with van der Waals surface area (Å²) >= 11 is 1.55. The van der Waals surface area contributed by atoms with E-state index in [1.807, 2.05) is 35.6 Å². The van der Waals surface area contributed by atoms with E-state index in [0.29, 0.717) is 6.54 Å². The summed E-state index contributed by atoms with van der Waals surface area (Å²) in [6.07, 6.45) is 0. The first kappa shape index (κ1) is 16.8. The molecule has 2 N–H and O–H groups in total. The molecule has 122 valence electrons. The van der Waals surface area contributed by atoms with Gasteiger partial charge in [-0.15, -0.1) is 0 Å². The fourth-order valence-corrected chi connectivity index (χ4v) is 3.01. The van der Waals surface area contributed by atoms with E-state index in [0.717, 1.165) is 38.3 Å². The molecular weight excluding hydrogens is 300 g/mol. The molecule has 0 aliphatic carbocycles. The highest BCUT2D eigenvalue weighted by atomic mass is 32.1. The number of amides is 3. The first-order valence-electron chi connectivity index (χ1n) is 7.64. The lowest BCUT2D eigenvalue weighted by Crippen LogP contribution is -2.50. The maximum absolute atomic E-state index is 12.2. The number of thiophene rings is 1. The predicted octanol–water partition coefficient (Wildman–Crippen LogP) is 1.21. The minimum Gasteiger partial charge on any atom is -0.337 e. The molecule has 1 aromatic heterocycles. The largest absolute Gasteiger partial charge is 0.337 e. The number of piperazine rings is 1. The smallest absolute Gasteiger partial charge is 0.315 e. The number of carbonyl (C=O) groups is 2. The highest BCUT2D eigenvalue weighted by molar-refractivity contribution is 7.08. The van der Waals surface area contributed by atoms with E-state index < -0.39 is 0 Å². The first-order chi connectivity index (χ1) is 10.6. The van der Waals surface area contributed by atoms with Gasteiger partial charge < -0.3 is 15.5 Å². The van der Waals surface area contributed by atoms with Crippen LogP contribution in [0.1, 0.15) is 24.2 Å². The molecule has 0 unspecified atom stereocenters. The Bertz CT molecular complexity index is 482. The molecule has 1 aromatic rings. The number of urea groups is 1. The summed E-state index contributed by atoms with van der Waals surface area (Å²) in [6, 6.07) is 1.89. The molecule has 2 rings (SSSR count). The normalized spacial score (nSPS) is 15.9. The topological polar surface area (TPSA) is 64.7 Å². The summed E-state index contributed by atoms with van der Waals surface area (Å²) in [7, 11) is 0. The lowest BCUT2D eigenvalue weighted by Gasteiger charge is -2.34. The van der Waals surface area contributed by atoms with Crippen molar-refractivity contribution >= 4 is 23.3 Å². The molecule has 2 heterocycles. The van der Waals surface area contributed by atoms with Gasteiger partial charge in [-0.05, 0) is 25.3 Å². The summed E-state index contributed by atoms with van der Waals surface area (Å²) in [6.45, 7) is 8.49. The second kappa shape index (κ2) is 8.14. The zero-order valence-corrected chi connectivity index (χ0v) is 14.0. The zero-order valence-electron chi connectivity index (χ0n) is 13.2. The summed E-state index contributed by atoms with van der Waals surface area (Å²) in [5.74, 6) is 0.121. The van der Waals surface area contributed by atoms with Crippen LogP contribution < -0.4 is 10.6 Å². The average Bonchev–Trinajstić information content (AvgIpc) is 3.00. The Balaban J connectivity index is 1.65. The maximum Gasteiger partial charge on any atom is 0.315 e. The van der Waals surface area contributed by atoms with Crippen LogP contribution in [0.3, 0.4) is 0 Å². The van der Waals surface area contributed by atoms with Gasteiger partial charge in [0.2, 0.25) is 0 Å². The van der Waals surface area contributed by atoms with Gasteiger partial charge in [0.1, 0.15) is 0 Å². The summed E-state index contributed by atoms with van der Waals surface area (Å²) in [5.41, 5.74) is 0.783. The van der Waals surface area contributed by atoms with E-state index in [1.54, 1.807) is 11.3 Å². The van der Waals surface area contributed by atoms with Gasteiger partial charge in [-0.25, -0.2) is 4.79 Å². The van der Waals surface area contributed by atoms with E-state index in [2.05, 4.69) is 15.5 Å². The molecule has 1 saturated heterocycles. The van der Waals surface area contributed by atoms with Crippen LogP contribution in [0.25, 0.3) is 0 Å². The molecule has 1 aliphatic rings. The van der Waals surface area contributed by atoms with Gasteiger partial charge in [0, 0.05) is 50.7 Å². The van der Waals surface area contributed by atoms with Crippen LogP contribution in [0.5, 0.6) is 0 Å². The first-order valence-corrected chi connectivity index (χ1v) is 8.58. The Hall–Kier alpha value is -1.60. The Kier molecular flexibility index (Phi) is 6.21. The molecule has 0 atom stereocenters. The lowest BCUT2D eigenvalue weighted by atomic mass is 10.2. The van der Waals surface area contributed by atoms with E-state index in [9.17, 15) is 9.59 Å². The molecule has 7 heteroatoms. The third-order valence-electron chi connectivity index (χ3n) is 3.56. The van der Waals surface area contributed by atoms with Crippen LogP contribution >= 0.6 is 11.3 Å². The molecule has 1 fully saturated rings. The second-order valence-corrected chi connectivity index (χ2v) is 6.48. The molecule has 0 bridgehead atoms. The molecule has 0 saturated carbocycles. The van der Waals surface area contributed by atoms with Gasteiger partial charge in [0.15, 0.2) is 0 Å². The number of hydrogen-bond acceptors (Lipinski definition) is 4. The van der Waals surface area contributed by atoms with Crippen molar-refractivity contribution in [3.05, 3.63) is 22.4 Å². The van der Waals surface area contributed by atoms with Crippen LogP contribution in [-0.4, -0.2) is 67.0 Å². The third kappa shape index (κ3) is 4.99. The highest BCUT2D eigenvalue weighted by Crippen LogP contribution is 2.11. The Morgan fingerprint density at radius 3 is 2.59 bits per heavy atom. The van der Waals surface area contributed by atoms with Crippen LogP contribution in [0.4, 0.5) is 4.79 Å². The van der Waals surface area contributed by atoms with E-state index in [1.165, 1.54) is 0 Å². The van der Waals surface area contributed by atoms with Gasteiger partial charge in [-0.1, -0.05) is 0 Å². The number of nitrogens with zero attached hydrogens (tertiary/aromatic N) is 2. The van der Waals surface area contributed by atoms with Gasteiger partial charge in [-0.3, -0.25) is 9.69 Å². The minimum absolute atomic E-state index is 0.121. The standard InChI is InChI=1S/C15H24N4O2S/c1-12(2)17-15(21)16-4-5-18-6-8-19(9-7-18)14(20)13-3-10-22-11-13/h3,10-12H,4-9H2,1-2H3,(H2,16,17,21). The van der Waals surface area contributed by atoms with Crippen molar-refractivity contribution in [3.8, 4) is 0 Å². The number of rotatable bonds is 5. The van der Waals surface area contributed by atoms with Crippen molar-refractivity contribution in [2.24, 2.45) is 0 Å². The van der Waals surface area contributed by atoms with Gasteiger partial charge in [-0.2, -0.15) is 11.3 Å². The van der Waals surface area contributed by atoms with Crippen LogP contribution in [-0.2, 0) is 0 Å². The number of hydrogen-bond donors (Lipinski definition) is 2. The summed E-state index contributed by atoms with van der Waals surface area (Å²) < 4.78 is 0. The van der Waals surface area contributed by atoms with Crippen molar-refractivity contribution in [1.82, 2.24) is 20.4 Å². The Morgan fingerprint density at radius 2 is 2.00 bits per heavy atom. The minimum atomic E-state index is -0.124. The van der Waals surface area contributed by atoms with Crippen molar-refractivity contribution in [2.45, 2.75) is 19.9 Å².